The lowest BCUT2D eigenvalue weighted by molar-refractivity contribution is -0.136. The van der Waals surface area contributed by atoms with E-state index in [0.717, 1.165) is 18.6 Å². The summed E-state index contributed by atoms with van der Waals surface area (Å²) in [5, 5.41) is 2.16. The van der Waals surface area contributed by atoms with Crippen molar-refractivity contribution >= 4 is 17.5 Å². The van der Waals surface area contributed by atoms with Gasteiger partial charge in [0, 0.05) is 6.54 Å². The number of rotatable bonds is 7. The Labute approximate surface area is 134 Å². The Hall–Kier alpha value is -2.02. The highest BCUT2D eigenvalue weighted by molar-refractivity contribution is 5.95. The van der Waals surface area contributed by atoms with Gasteiger partial charge in [-0.15, -0.1) is 0 Å². The van der Waals surface area contributed by atoms with Gasteiger partial charge in [-0.25, -0.2) is 8.78 Å². The molecule has 0 aliphatic rings. The fourth-order valence-electron chi connectivity index (χ4n) is 2.02. The van der Waals surface area contributed by atoms with Crippen LogP contribution in [-0.2, 0) is 9.59 Å². The molecule has 2 atom stereocenters. The molecule has 7 heteroatoms. The summed E-state index contributed by atoms with van der Waals surface area (Å²) >= 11 is 0. The minimum atomic E-state index is -0.871. The zero-order valence-corrected chi connectivity index (χ0v) is 13.6. The molecule has 5 nitrogen and oxygen atoms in total. The van der Waals surface area contributed by atoms with Crippen molar-refractivity contribution in [1.82, 2.24) is 4.90 Å². The lowest BCUT2D eigenvalue weighted by Gasteiger charge is -2.26. The molecule has 0 heterocycles. The van der Waals surface area contributed by atoms with Crippen molar-refractivity contribution < 1.29 is 18.4 Å². The van der Waals surface area contributed by atoms with E-state index in [1.165, 1.54) is 11.0 Å². The summed E-state index contributed by atoms with van der Waals surface area (Å²) in [4.78, 5) is 25.5. The van der Waals surface area contributed by atoms with Crippen LogP contribution in [0, 0.1) is 17.6 Å². The second-order valence-electron chi connectivity index (χ2n) is 5.41. The Morgan fingerprint density at radius 1 is 1.26 bits per heavy atom. The minimum Gasteiger partial charge on any atom is -0.332 e. The van der Waals surface area contributed by atoms with Crippen LogP contribution in [0.1, 0.15) is 27.2 Å². The SMILES string of the molecule is CCC(C)C(N)C(=O)N(CC)CC(=O)Nc1c(F)cccc1F. The first-order valence-electron chi connectivity index (χ1n) is 7.59. The summed E-state index contributed by atoms with van der Waals surface area (Å²) in [5.74, 6) is -2.80. The summed E-state index contributed by atoms with van der Waals surface area (Å²) in [6.45, 7) is 5.44. The second-order valence-corrected chi connectivity index (χ2v) is 5.41. The topological polar surface area (TPSA) is 75.4 Å². The summed E-state index contributed by atoms with van der Waals surface area (Å²) < 4.78 is 27.0. The number of para-hydroxylation sites is 1. The lowest BCUT2D eigenvalue weighted by atomic mass is 9.99. The fourth-order valence-corrected chi connectivity index (χ4v) is 2.02. The van der Waals surface area contributed by atoms with E-state index in [9.17, 15) is 18.4 Å². The maximum atomic E-state index is 13.5. The molecular formula is C16H23F2N3O2. The highest BCUT2D eigenvalue weighted by Crippen LogP contribution is 2.18. The summed E-state index contributed by atoms with van der Waals surface area (Å²) in [6.07, 6.45) is 0.733. The number of hydrogen-bond acceptors (Lipinski definition) is 3. The highest BCUT2D eigenvalue weighted by atomic mass is 19.1. The standard InChI is InChI=1S/C16H23F2N3O2/c1-4-10(3)14(19)16(23)21(5-2)9-13(22)20-15-11(17)7-6-8-12(15)18/h6-8,10,14H,4-5,9,19H2,1-3H3,(H,20,22). The van der Waals surface area contributed by atoms with Gasteiger partial charge in [0.25, 0.3) is 0 Å². The molecule has 0 spiro atoms. The predicted molar refractivity (Wildman–Crippen MR) is 84.7 cm³/mol. The third-order valence-electron chi connectivity index (χ3n) is 3.80. The number of benzene rings is 1. The van der Waals surface area contributed by atoms with Crippen molar-refractivity contribution in [1.29, 1.82) is 0 Å². The molecule has 0 aromatic heterocycles. The van der Waals surface area contributed by atoms with Crippen LogP contribution in [0.25, 0.3) is 0 Å². The van der Waals surface area contributed by atoms with E-state index in [1.807, 2.05) is 13.8 Å². The molecule has 1 rings (SSSR count). The third-order valence-corrected chi connectivity index (χ3v) is 3.80. The number of likely N-dealkylation sites (N-methyl/N-ethyl adjacent to an activating group) is 1. The van der Waals surface area contributed by atoms with Crippen molar-refractivity contribution in [2.75, 3.05) is 18.4 Å². The Morgan fingerprint density at radius 2 is 1.83 bits per heavy atom. The van der Waals surface area contributed by atoms with Gasteiger partial charge in [-0.1, -0.05) is 26.3 Å². The number of nitrogens with one attached hydrogen (secondary N) is 1. The van der Waals surface area contributed by atoms with E-state index >= 15 is 0 Å². The monoisotopic (exact) mass is 327 g/mol. The van der Waals surface area contributed by atoms with Crippen molar-refractivity contribution in [3.05, 3.63) is 29.8 Å². The van der Waals surface area contributed by atoms with Gasteiger partial charge < -0.3 is 16.0 Å². The molecule has 2 amide bonds. The zero-order valence-electron chi connectivity index (χ0n) is 13.6. The fraction of sp³-hybridized carbons (Fsp3) is 0.500. The molecule has 2 unspecified atom stereocenters. The Balaban J connectivity index is 2.76. The van der Waals surface area contributed by atoms with Crippen LogP contribution in [0.3, 0.4) is 0 Å². The maximum Gasteiger partial charge on any atom is 0.244 e. The predicted octanol–water partition coefficient (Wildman–Crippen LogP) is 2.13. The molecule has 0 radical (unpaired) electrons. The molecule has 0 aliphatic carbocycles. The molecule has 0 saturated carbocycles. The van der Waals surface area contributed by atoms with E-state index in [0.29, 0.717) is 0 Å². The number of carbonyl (C=O) groups is 2. The van der Waals surface area contributed by atoms with Crippen LogP contribution >= 0.6 is 0 Å². The molecule has 0 aliphatic heterocycles. The minimum absolute atomic E-state index is 0.0244. The molecule has 0 saturated heterocycles. The number of hydrogen-bond donors (Lipinski definition) is 2. The van der Waals surface area contributed by atoms with Crippen LogP contribution in [0.15, 0.2) is 18.2 Å². The molecule has 3 N–H and O–H groups in total. The number of anilines is 1. The lowest BCUT2D eigenvalue weighted by Crippen LogP contribution is -2.49. The van der Waals surface area contributed by atoms with Gasteiger partial charge in [-0.2, -0.15) is 0 Å². The summed E-state index contributed by atoms with van der Waals surface area (Å²) in [7, 11) is 0. The van der Waals surface area contributed by atoms with E-state index in [1.54, 1.807) is 6.92 Å². The van der Waals surface area contributed by atoms with Crippen LogP contribution in [0.5, 0.6) is 0 Å². The van der Waals surface area contributed by atoms with Crippen molar-refractivity contribution in [2.45, 2.75) is 33.2 Å². The van der Waals surface area contributed by atoms with E-state index < -0.39 is 29.3 Å². The molecular weight excluding hydrogens is 304 g/mol. The van der Waals surface area contributed by atoms with Crippen molar-refractivity contribution in [2.24, 2.45) is 11.7 Å². The van der Waals surface area contributed by atoms with Gasteiger partial charge in [-0.05, 0) is 25.0 Å². The van der Waals surface area contributed by atoms with Gasteiger partial charge >= 0.3 is 0 Å². The van der Waals surface area contributed by atoms with Gasteiger partial charge in [0.1, 0.15) is 17.3 Å². The molecule has 128 valence electrons. The maximum absolute atomic E-state index is 13.5. The molecule has 1 aromatic rings. The summed E-state index contributed by atoms with van der Waals surface area (Å²) in [5.41, 5.74) is 5.36. The molecule has 1 aromatic carbocycles. The normalized spacial score (nSPS) is 13.3. The van der Waals surface area contributed by atoms with Crippen LogP contribution in [0.2, 0.25) is 0 Å². The van der Waals surface area contributed by atoms with E-state index in [2.05, 4.69) is 5.32 Å². The second kappa shape index (κ2) is 8.57. The number of carbonyl (C=O) groups excluding carboxylic acids is 2. The number of amides is 2. The summed E-state index contributed by atoms with van der Waals surface area (Å²) in [6, 6.07) is 2.58. The Kier molecular flexibility index (Phi) is 7.09. The molecule has 23 heavy (non-hydrogen) atoms. The van der Waals surface area contributed by atoms with Crippen molar-refractivity contribution in [3.63, 3.8) is 0 Å². The molecule has 0 bridgehead atoms. The number of nitrogens with two attached hydrogens (primary N) is 1. The van der Waals surface area contributed by atoms with Gasteiger partial charge in [0.05, 0.1) is 12.6 Å². The van der Waals surface area contributed by atoms with Crippen LogP contribution in [0.4, 0.5) is 14.5 Å². The first-order chi connectivity index (χ1) is 10.8. The third kappa shape index (κ3) is 4.99. The Morgan fingerprint density at radius 3 is 2.30 bits per heavy atom. The smallest absolute Gasteiger partial charge is 0.244 e. The number of halogens is 2. The van der Waals surface area contributed by atoms with E-state index in [-0.39, 0.29) is 24.9 Å². The number of nitrogens with zero attached hydrogens (tertiary/aromatic N) is 1. The van der Waals surface area contributed by atoms with Gasteiger partial charge in [0.2, 0.25) is 11.8 Å². The quantitative estimate of drug-likeness (QED) is 0.805. The Bertz CT molecular complexity index is 546. The van der Waals surface area contributed by atoms with Crippen molar-refractivity contribution in [3.8, 4) is 0 Å². The molecule has 0 fully saturated rings. The highest BCUT2D eigenvalue weighted by Gasteiger charge is 2.26. The first-order valence-corrected chi connectivity index (χ1v) is 7.59. The average Bonchev–Trinajstić information content (AvgIpc) is 2.54. The average molecular weight is 327 g/mol. The van der Waals surface area contributed by atoms with Crippen LogP contribution in [-0.4, -0.2) is 35.8 Å². The zero-order chi connectivity index (χ0) is 17.6. The van der Waals surface area contributed by atoms with E-state index in [4.69, 9.17) is 5.73 Å². The largest absolute Gasteiger partial charge is 0.332 e. The van der Waals surface area contributed by atoms with Gasteiger partial charge in [-0.3, -0.25) is 9.59 Å². The van der Waals surface area contributed by atoms with Gasteiger partial charge in [0.15, 0.2) is 0 Å². The first kappa shape index (κ1) is 19.0. The van der Waals surface area contributed by atoms with Crippen LogP contribution < -0.4 is 11.1 Å².